The molecule has 0 bridgehead atoms. The molecule has 0 radical (unpaired) electrons. The Bertz CT molecular complexity index is 412. The molecular formula is C18H34O4Si. The van der Waals surface area contributed by atoms with E-state index in [0.717, 1.165) is 32.3 Å². The molecule has 0 saturated heterocycles. The molecule has 1 N–H and O–H groups in total. The van der Waals surface area contributed by atoms with Gasteiger partial charge in [-0.2, -0.15) is 0 Å². The fourth-order valence-corrected chi connectivity index (χ4v) is 3.71. The predicted molar refractivity (Wildman–Crippen MR) is 94.9 cm³/mol. The number of ketones is 2. The molecular weight excluding hydrogens is 308 g/mol. The van der Waals surface area contributed by atoms with Crippen LogP contribution in [0.5, 0.6) is 0 Å². The standard InChI is InChI=1S/C12H24O2Si.C6H10O2/c1-12(2,3)15(4,5)14-9-10-6-7-11(13)8-10;7-4-5-1-2-6(8)3-5/h10H,6-9H2,1-5H3;5,7H,1-4H2/t10-;5-/m00/s1. The van der Waals surface area contributed by atoms with Crippen molar-refractivity contribution in [3.05, 3.63) is 0 Å². The van der Waals surface area contributed by atoms with Gasteiger partial charge in [0.1, 0.15) is 11.6 Å². The molecule has 2 atom stereocenters. The number of carbonyl (C=O) groups excluding carboxylic acids is 2. The summed E-state index contributed by atoms with van der Waals surface area (Å²) < 4.78 is 6.11. The van der Waals surface area contributed by atoms with Crippen molar-refractivity contribution >= 4 is 19.9 Å². The summed E-state index contributed by atoms with van der Waals surface area (Å²) >= 11 is 0. The van der Waals surface area contributed by atoms with Gasteiger partial charge >= 0.3 is 0 Å². The van der Waals surface area contributed by atoms with Crippen LogP contribution < -0.4 is 0 Å². The molecule has 2 aliphatic rings. The van der Waals surface area contributed by atoms with Gasteiger partial charge in [-0.15, -0.1) is 0 Å². The SMILES string of the molecule is CC(C)(C)[Si](C)(C)OC[C@H]1CCC(=O)C1.O=C1CC[C@H](CO)C1. The van der Waals surface area contributed by atoms with Crippen LogP contribution in [-0.4, -0.2) is 38.2 Å². The Morgan fingerprint density at radius 3 is 1.83 bits per heavy atom. The molecule has 0 spiro atoms. The summed E-state index contributed by atoms with van der Waals surface area (Å²) in [6, 6.07) is 0. The Balaban J connectivity index is 0.000000277. The van der Waals surface area contributed by atoms with E-state index in [1.807, 2.05) is 0 Å². The van der Waals surface area contributed by atoms with Gasteiger partial charge in [0.2, 0.25) is 0 Å². The minimum absolute atomic E-state index is 0.186. The van der Waals surface area contributed by atoms with E-state index in [1.165, 1.54) is 0 Å². The van der Waals surface area contributed by atoms with Gasteiger partial charge < -0.3 is 9.53 Å². The largest absolute Gasteiger partial charge is 0.417 e. The molecule has 2 saturated carbocycles. The lowest BCUT2D eigenvalue weighted by Crippen LogP contribution is -2.41. The third kappa shape index (κ3) is 6.85. The summed E-state index contributed by atoms with van der Waals surface area (Å²) in [6.45, 7) is 12.3. The second-order valence-electron chi connectivity index (χ2n) is 8.55. The Kier molecular flexibility index (Phi) is 7.62. The van der Waals surface area contributed by atoms with E-state index >= 15 is 0 Å². The van der Waals surface area contributed by atoms with Crippen molar-refractivity contribution in [1.82, 2.24) is 0 Å². The Morgan fingerprint density at radius 1 is 1.04 bits per heavy atom. The van der Waals surface area contributed by atoms with E-state index < -0.39 is 8.32 Å². The van der Waals surface area contributed by atoms with Gasteiger partial charge in [0.15, 0.2) is 8.32 Å². The Hall–Kier alpha value is -0.523. The van der Waals surface area contributed by atoms with Crippen LogP contribution in [0.25, 0.3) is 0 Å². The third-order valence-electron chi connectivity index (χ3n) is 5.44. The van der Waals surface area contributed by atoms with E-state index in [9.17, 15) is 9.59 Å². The molecule has 2 fully saturated rings. The monoisotopic (exact) mass is 342 g/mol. The average Bonchev–Trinajstić information content (AvgIpc) is 3.04. The average molecular weight is 343 g/mol. The van der Waals surface area contributed by atoms with Crippen molar-refractivity contribution < 1.29 is 19.1 Å². The van der Waals surface area contributed by atoms with Crippen LogP contribution in [0.3, 0.4) is 0 Å². The summed E-state index contributed by atoms with van der Waals surface area (Å²) in [4.78, 5) is 21.6. The van der Waals surface area contributed by atoms with E-state index in [4.69, 9.17) is 9.53 Å². The molecule has 0 amide bonds. The summed E-state index contributed by atoms with van der Waals surface area (Å²) in [6.07, 6.45) is 4.74. The second-order valence-corrected chi connectivity index (χ2v) is 13.4. The molecule has 134 valence electrons. The first kappa shape index (κ1) is 20.5. The molecule has 5 heteroatoms. The highest BCUT2D eigenvalue weighted by Crippen LogP contribution is 2.37. The first-order chi connectivity index (χ1) is 10.5. The van der Waals surface area contributed by atoms with Gasteiger partial charge in [-0.1, -0.05) is 20.8 Å². The smallest absolute Gasteiger partial charge is 0.191 e. The highest BCUT2D eigenvalue weighted by atomic mass is 28.4. The number of carbonyl (C=O) groups is 2. The normalized spacial score (nSPS) is 25.5. The molecule has 2 aliphatic carbocycles. The first-order valence-electron chi connectivity index (χ1n) is 8.83. The van der Waals surface area contributed by atoms with Gasteiger partial charge in [0.05, 0.1) is 0 Å². The lowest BCUT2D eigenvalue weighted by atomic mass is 10.1. The van der Waals surface area contributed by atoms with Gasteiger partial charge in [0, 0.05) is 38.9 Å². The summed E-state index contributed by atoms with van der Waals surface area (Å²) in [5, 5.41) is 8.80. The van der Waals surface area contributed by atoms with Gasteiger partial charge in [-0.05, 0) is 42.8 Å². The van der Waals surface area contributed by atoms with Crippen LogP contribution in [0.4, 0.5) is 0 Å². The lowest BCUT2D eigenvalue weighted by molar-refractivity contribution is -0.118. The number of rotatable bonds is 4. The number of aliphatic hydroxyl groups is 1. The number of hydrogen-bond acceptors (Lipinski definition) is 4. The first-order valence-corrected chi connectivity index (χ1v) is 11.7. The van der Waals surface area contributed by atoms with Crippen LogP contribution in [0.1, 0.15) is 59.3 Å². The highest BCUT2D eigenvalue weighted by molar-refractivity contribution is 6.74. The van der Waals surface area contributed by atoms with Gasteiger partial charge in [-0.3, -0.25) is 9.59 Å². The van der Waals surface area contributed by atoms with Crippen molar-refractivity contribution in [3.63, 3.8) is 0 Å². The molecule has 23 heavy (non-hydrogen) atoms. The van der Waals surface area contributed by atoms with Crippen LogP contribution in [-0.2, 0) is 14.0 Å². The predicted octanol–water partition coefficient (Wildman–Crippen LogP) is 3.73. The minimum atomic E-state index is -1.61. The van der Waals surface area contributed by atoms with E-state index in [1.54, 1.807) is 0 Å². The van der Waals surface area contributed by atoms with Crippen LogP contribution >= 0.6 is 0 Å². The fraction of sp³-hybridized carbons (Fsp3) is 0.889. The van der Waals surface area contributed by atoms with Crippen molar-refractivity contribution in [3.8, 4) is 0 Å². The van der Waals surface area contributed by atoms with Crippen molar-refractivity contribution in [2.45, 2.75) is 77.4 Å². The van der Waals surface area contributed by atoms with Crippen molar-refractivity contribution in [2.24, 2.45) is 11.8 Å². The van der Waals surface area contributed by atoms with Gasteiger partial charge in [-0.25, -0.2) is 0 Å². The van der Waals surface area contributed by atoms with Crippen LogP contribution in [0.2, 0.25) is 18.1 Å². The molecule has 2 rings (SSSR count). The maximum absolute atomic E-state index is 11.1. The van der Waals surface area contributed by atoms with E-state index in [-0.39, 0.29) is 17.6 Å². The number of hydrogen-bond donors (Lipinski definition) is 1. The molecule has 0 aliphatic heterocycles. The topological polar surface area (TPSA) is 63.6 Å². The Labute approximate surface area is 142 Å². The molecule has 0 aromatic heterocycles. The molecule has 0 aromatic rings. The summed E-state index contributed by atoms with van der Waals surface area (Å²) in [5.41, 5.74) is 0. The quantitative estimate of drug-likeness (QED) is 0.791. The van der Waals surface area contributed by atoms with Gasteiger partial charge in [0.25, 0.3) is 0 Å². The third-order valence-corrected chi connectivity index (χ3v) is 9.94. The summed E-state index contributed by atoms with van der Waals surface area (Å²) in [7, 11) is -1.61. The fourth-order valence-electron chi connectivity index (χ4n) is 2.62. The molecule has 0 aromatic carbocycles. The lowest BCUT2D eigenvalue weighted by Gasteiger charge is -2.36. The van der Waals surface area contributed by atoms with Crippen LogP contribution in [0.15, 0.2) is 0 Å². The zero-order valence-corrected chi connectivity index (χ0v) is 16.5. The number of Topliss-reactive ketones (excluding diaryl/α,β-unsaturated/α-hetero) is 2. The molecule has 0 unspecified atom stereocenters. The zero-order valence-electron chi connectivity index (χ0n) is 15.5. The second kappa shape index (κ2) is 8.54. The Morgan fingerprint density at radius 2 is 1.52 bits per heavy atom. The van der Waals surface area contributed by atoms with Crippen LogP contribution in [0, 0.1) is 11.8 Å². The van der Waals surface area contributed by atoms with E-state index in [0.29, 0.717) is 30.3 Å². The molecule has 4 nitrogen and oxygen atoms in total. The number of aliphatic hydroxyl groups excluding tert-OH is 1. The van der Waals surface area contributed by atoms with E-state index in [2.05, 4.69) is 33.9 Å². The highest BCUT2D eigenvalue weighted by Gasteiger charge is 2.38. The van der Waals surface area contributed by atoms with Crippen molar-refractivity contribution in [1.29, 1.82) is 0 Å². The molecule has 0 heterocycles. The van der Waals surface area contributed by atoms with Crippen molar-refractivity contribution in [2.75, 3.05) is 13.2 Å². The maximum atomic E-state index is 11.1. The maximum Gasteiger partial charge on any atom is 0.191 e. The zero-order chi connectivity index (χ0) is 17.7. The summed E-state index contributed by atoms with van der Waals surface area (Å²) in [5.74, 6) is 1.50. The minimum Gasteiger partial charge on any atom is -0.417 e.